The molecule has 2 rings (SSSR count). The highest BCUT2D eigenvalue weighted by Crippen LogP contribution is 2.38. The Kier molecular flexibility index (Phi) is 4.45. The van der Waals surface area contributed by atoms with E-state index in [0.717, 1.165) is 5.92 Å². The summed E-state index contributed by atoms with van der Waals surface area (Å²) in [6, 6.07) is 2.77. The molecule has 0 radical (unpaired) electrons. The van der Waals surface area contributed by atoms with Crippen LogP contribution in [-0.4, -0.2) is 7.05 Å². The van der Waals surface area contributed by atoms with Gasteiger partial charge in [-0.15, -0.1) is 11.3 Å². The molecule has 1 fully saturated rings. The molecule has 0 aliphatic heterocycles. The van der Waals surface area contributed by atoms with Crippen LogP contribution in [0.4, 0.5) is 0 Å². The molecule has 3 heteroatoms. The van der Waals surface area contributed by atoms with Crippen LogP contribution in [0.2, 0.25) is 0 Å². The van der Waals surface area contributed by atoms with Crippen molar-refractivity contribution >= 4 is 27.3 Å². The molecule has 1 atom stereocenters. The van der Waals surface area contributed by atoms with E-state index in [2.05, 4.69) is 41.3 Å². The van der Waals surface area contributed by atoms with E-state index in [0.29, 0.717) is 6.04 Å². The first-order chi connectivity index (χ1) is 7.70. The summed E-state index contributed by atoms with van der Waals surface area (Å²) < 4.78 is 1.28. The molecule has 1 aromatic rings. The van der Waals surface area contributed by atoms with E-state index in [1.54, 1.807) is 0 Å². The van der Waals surface area contributed by atoms with Crippen molar-refractivity contribution in [3.8, 4) is 0 Å². The normalized spacial score (nSPS) is 19.2. The Morgan fingerprint density at radius 2 is 2.19 bits per heavy atom. The molecule has 90 valence electrons. The molecule has 0 aromatic carbocycles. The molecule has 16 heavy (non-hydrogen) atoms. The van der Waals surface area contributed by atoms with Gasteiger partial charge in [-0.25, -0.2) is 0 Å². The lowest BCUT2D eigenvalue weighted by Gasteiger charge is -2.19. The van der Waals surface area contributed by atoms with Gasteiger partial charge in [0.2, 0.25) is 0 Å². The predicted octanol–water partition coefficient (Wildman–Crippen LogP) is 4.66. The van der Waals surface area contributed by atoms with Crippen molar-refractivity contribution in [2.24, 2.45) is 5.92 Å². The molecule has 1 nitrogen and oxygen atoms in total. The standard InChI is InChI=1S/C13H20BrNS/c1-9-7-11(14)13(16-9)12(15-2)8-10-5-3-4-6-10/h7,10,12,15H,3-6,8H2,1-2H3. The van der Waals surface area contributed by atoms with Crippen LogP contribution in [-0.2, 0) is 0 Å². The number of hydrogen-bond donors (Lipinski definition) is 1. The van der Waals surface area contributed by atoms with Crippen LogP contribution in [0.1, 0.15) is 47.9 Å². The zero-order valence-electron chi connectivity index (χ0n) is 10.1. The van der Waals surface area contributed by atoms with Gasteiger partial charge in [-0.3, -0.25) is 0 Å². The Morgan fingerprint density at radius 1 is 1.50 bits per heavy atom. The smallest absolute Gasteiger partial charge is 0.0426 e. The third-order valence-electron chi connectivity index (χ3n) is 3.55. The number of aryl methyl sites for hydroxylation is 1. The van der Waals surface area contributed by atoms with Crippen molar-refractivity contribution in [3.05, 3.63) is 20.3 Å². The van der Waals surface area contributed by atoms with E-state index < -0.39 is 0 Å². The van der Waals surface area contributed by atoms with Crippen LogP contribution in [0.15, 0.2) is 10.5 Å². The van der Waals surface area contributed by atoms with Crippen molar-refractivity contribution in [1.29, 1.82) is 0 Å². The number of nitrogens with one attached hydrogen (secondary N) is 1. The van der Waals surface area contributed by atoms with E-state index in [-0.39, 0.29) is 0 Å². The highest BCUT2D eigenvalue weighted by molar-refractivity contribution is 9.10. The van der Waals surface area contributed by atoms with E-state index in [1.165, 1.54) is 46.3 Å². The predicted molar refractivity (Wildman–Crippen MR) is 75.1 cm³/mol. The maximum absolute atomic E-state index is 3.68. The SMILES string of the molecule is CNC(CC1CCCC1)c1sc(C)cc1Br. The fraction of sp³-hybridized carbons (Fsp3) is 0.692. The third-order valence-corrected chi connectivity index (χ3v) is 5.63. The van der Waals surface area contributed by atoms with Crippen LogP contribution in [0.5, 0.6) is 0 Å². The summed E-state index contributed by atoms with van der Waals surface area (Å²) in [7, 11) is 2.08. The van der Waals surface area contributed by atoms with Crippen molar-refractivity contribution in [3.63, 3.8) is 0 Å². The second kappa shape index (κ2) is 5.65. The van der Waals surface area contributed by atoms with Crippen LogP contribution < -0.4 is 5.32 Å². The largest absolute Gasteiger partial charge is 0.312 e. The van der Waals surface area contributed by atoms with Crippen molar-refractivity contribution in [2.75, 3.05) is 7.05 Å². The first kappa shape index (κ1) is 12.6. The molecule has 1 aromatic heterocycles. The van der Waals surface area contributed by atoms with E-state index in [9.17, 15) is 0 Å². The molecule has 0 amide bonds. The van der Waals surface area contributed by atoms with Gasteiger partial charge in [0.1, 0.15) is 0 Å². The average molecular weight is 302 g/mol. The maximum Gasteiger partial charge on any atom is 0.0426 e. The summed E-state index contributed by atoms with van der Waals surface area (Å²) in [5, 5.41) is 3.48. The summed E-state index contributed by atoms with van der Waals surface area (Å²) in [5.74, 6) is 0.937. The zero-order chi connectivity index (χ0) is 11.5. The fourth-order valence-electron chi connectivity index (χ4n) is 2.67. The summed E-state index contributed by atoms with van der Waals surface area (Å²) >= 11 is 5.60. The Hall–Kier alpha value is 0.140. The van der Waals surface area contributed by atoms with Gasteiger partial charge in [0, 0.05) is 20.3 Å². The Labute approximate surface area is 111 Å². The zero-order valence-corrected chi connectivity index (χ0v) is 12.5. The van der Waals surface area contributed by atoms with Crippen LogP contribution in [0, 0.1) is 12.8 Å². The highest BCUT2D eigenvalue weighted by Gasteiger charge is 2.22. The quantitative estimate of drug-likeness (QED) is 0.853. The molecule has 1 aliphatic rings. The summed E-state index contributed by atoms with van der Waals surface area (Å²) in [6.07, 6.45) is 7.03. The molecule has 1 heterocycles. The van der Waals surface area contributed by atoms with Gasteiger partial charge in [0.15, 0.2) is 0 Å². The minimum absolute atomic E-state index is 0.538. The van der Waals surface area contributed by atoms with Crippen molar-refractivity contribution < 1.29 is 0 Å². The molecule has 0 bridgehead atoms. The van der Waals surface area contributed by atoms with Gasteiger partial charge >= 0.3 is 0 Å². The molecular weight excluding hydrogens is 282 g/mol. The minimum Gasteiger partial charge on any atom is -0.312 e. The molecule has 0 spiro atoms. The summed E-state index contributed by atoms with van der Waals surface area (Å²) in [4.78, 5) is 2.88. The van der Waals surface area contributed by atoms with E-state index in [1.807, 2.05) is 11.3 Å². The molecule has 0 saturated heterocycles. The van der Waals surface area contributed by atoms with Gasteiger partial charge in [-0.2, -0.15) is 0 Å². The summed E-state index contributed by atoms with van der Waals surface area (Å²) in [6.45, 7) is 2.18. The van der Waals surface area contributed by atoms with Crippen molar-refractivity contribution in [2.45, 2.75) is 45.1 Å². The Morgan fingerprint density at radius 3 is 2.69 bits per heavy atom. The minimum atomic E-state index is 0.538. The Balaban J connectivity index is 2.06. The second-order valence-electron chi connectivity index (χ2n) is 4.80. The molecule has 1 aliphatic carbocycles. The van der Waals surface area contributed by atoms with Gasteiger partial charge in [-0.05, 0) is 48.3 Å². The summed E-state index contributed by atoms with van der Waals surface area (Å²) in [5.41, 5.74) is 0. The monoisotopic (exact) mass is 301 g/mol. The van der Waals surface area contributed by atoms with Crippen LogP contribution in [0.25, 0.3) is 0 Å². The number of halogens is 1. The molecule has 1 N–H and O–H groups in total. The van der Waals surface area contributed by atoms with Crippen LogP contribution >= 0.6 is 27.3 Å². The lowest BCUT2D eigenvalue weighted by Crippen LogP contribution is -2.18. The van der Waals surface area contributed by atoms with Crippen molar-refractivity contribution in [1.82, 2.24) is 5.32 Å². The van der Waals surface area contributed by atoms with E-state index in [4.69, 9.17) is 0 Å². The second-order valence-corrected chi connectivity index (χ2v) is 6.94. The van der Waals surface area contributed by atoms with Gasteiger partial charge in [0.05, 0.1) is 0 Å². The topological polar surface area (TPSA) is 12.0 Å². The number of rotatable bonds is 4. The van der Waals surface area contributed by atoms with Crippen LogP contribution in [0.3, 0.4) is 0 Å². The Bertz CT molecular complexity index is 342. The lowest BCUT2D eigenvalue weighted by molar-refractivity contribution is 0.416. The van der Waals surface area contributed by atoms with Gasteiger partial charge in [0.25, 0.3) is 0 Å². The first-order valence-corrected chi connectivity index (χ1v) is 7.74. The first-order valence-electron chi connectivity index (χ1n) is 6.13. The average Bonchev–Trinajstić information content (AvgIpc) is 2.85. The molecular formula is C13H20BrNS. The van der Waals surface area contributed by atoms with E-state index >= 15 is 0 Å². The van der Waals surface area contributed by atoms with Gasteiger partial charge in [-0.1, -0.05) is 25.7 Å². The third kappa shape index (κ3) is 2.88. The van der Waals surface area contributed by atoms with Gasteiger partial charge < -0.3 is 5.32 Å². The lowest BCUT2D eigenvalue weighted by atomic mass is 9.97. The molecule has 1 unspecified atom stereocenters. The maximum atomic E-state index is 3.68. The highest BCUT2D eigenvalue weighted by atomic mass is 79.9. The number of thiophene rings is 1. The number of hydrogen-bond acceptors (Lipinski definition) is 2. The molecule has 1 saturated carbocycles. The fourth-order valence-corrected chi connectivity index (χ4v) is 4.72.